The van der Waals surface area contributed by atoms with Crippen molar-refractivity contribution >= 4 is 21.6 Å². The van der Waals surface area contributed by atoms with Gasteiger partial charge in [-0.2, -0.15) is 13.2 Å². The fourth-order valence-corrected chi connectivity index (χ4v) is 4.38. The molecule has 130 valence electrons. The first-order valence-corrected chi connectivity index (χ1v) is 8.48. The summed E-state index contributed by atoms with van der Waals surface area (Å²) in [6, 6.07) is 3.84. The van der Waals surface area contributed by atoms with E-state index >= 15 is 0 Å². The molecule has 1 aliphatic rings. The van der Waals surface area contributed by atoms with Crippen LogP contribution in [0, 0.1) is 10.8 Å². The zero-order chi connectivity index (χ0) is 17.5. The molecular weight excluding hydrogens is 371 g/mol. The van der Waals surface area contributed by atoms with E-state index in [0.717, 1.165) is 25.0 Å². The number of rotatable bonds is 3. The van der Waals surface area contributed by atoms with Crippen LogP contribution in [0.15, 0.2) is 22.7 Å². The largest absolute Gasteiger partial charge is 0.416 e. The number of hydrogen-bond donors (Lipinski definition) is 2. The average Bonchev–Trinajstić information content (AvgIpc) is 2.31. The van der Waals surface area contributed by atoms with Gasteiger partial charge in [0.1, 0.15) is 0 Å². The van der Waals surface area contributed by atoms with Crippen molar-refractivity contribution in [2.45, 2.75) is 52.3 Å². The lowest BCUT2D eigenvalue weighted by Crippen LogP contribution is -2.42. The summed E-state index contributed by atoms with van der Waals surface area (Å²) in [5.41, 5.74) is -0.362. The molecule has 23 heavy (non-hydrogen) atoms. The first-order chi connectivity index (χ1) is 10.4. The van der Waals surface area contributed by atoms with Crippen molar-refractivity contribution in [2.75, 3.05) is 11.9 Å². The van der Waals surface area contributed by atoms with Crippen molar-refractivity contribution in [3.63, 3.8) is 0 Å². The van der Waals surface area contributed by atoms with Crippen LogP contribution >= 0.6 is 15.9 Å². The molecule has 0 bridgehead atoms. The Bertz CT molecular complexity index is 573. The third-order valence-electron chi connectivity index (χ3n) is 4.37. The molecule has 0 heterocycles. The van der Waals surface area contributed by atoms with E-state index in [4.69, 9.17) is 0 Å². The maximum Gasteiger partial charge on any atom is 0.416 e. The summed E-state index contributed by atoms with van der Waals surface area (Å²) in [5, 5.41) is 13.2. The highest BCUT2D eigenvalue weighted by Crippen LogP contribution is 2.46. The number of hydrogen-bond acceptors (Lipinski definition) is 2. The van der Waals surface area contributed by atoms with E-state index in [-0.39, 0.29) is 16.9 Å². The van der Waals surface area contributed by atoms with Gasteiger partial charge >= 0.3 is 6.18 Å². The van der Waals surface area contributed by atoms with E-state index in [1.807, 2.05) is 0 Å². The van der Waals surface area contributed by atoms with Crippen LogP contribution in [0.3, 0.4) is 0 Å². The quantitative estimate of drug-likeness (QED) is 0.714. The monoisotopic (exact) mass is 393 g/mol. The van der Waals surface area contributed by atoms with Crippen LogP contribution in [0.1, 0.15) is 45.6 Å². The molecule has 6 heteroatoms. The lowest BCUT2D eigenvalue weighted by atomic mass is 9.63. The third kappa shape index (κ3) is 5.11. The molecule has 1 aromatic rings. The molecule has 2 N–H and O–H groups in total. The van der Waals surface area contributed by atoms with Crippen LogP contribution in [0.25, 0.3) is 0 Å². The fourth-order valence-electron chi connectivity index (χ4n) is 3.88. The number of aliphatic hydroxyl groups is 1. The summed E-state index contributed by atoms with van der Waals surface area (Å²) in [6.07, 6.45) is -2.39. The number of nitrogens with one attached hydrogen (secondary N) is 1. The number of aliphatic hydroxyl groups excluding tert-OH is 1. The number of alkyl halides is 3. The highest BCUT2D eigenvalue weighted by atomic mass is 79.9. The Hall–Kier alpha value is -0.750. The highest BCUT2D eigenvalue weighted by Gasteiger charge is 2.40. The fraction of sp³-hybridized carbons (Fsp3) is 0.647. The first kappa shape index (κ1) is 18.6. The molecule has 2 nitrogen and oxygen atoms in total. The van der Waals surface area contributed by atoms with Gasteiger partial charge in [-0.25, -0.2) is 0 Å². The molecule has 1 aromatic carbocycles. The van der Waals surface area contributed by atoms with Gasteiger partial charge in [0, 0.05) is 16.7 Å². The molecule has 2 rings (SSSR count). The van der Waals surface area contributed by atoms with Crippen LogP contribution in [0.4, 0.5) is 18.9 Å². The van der Waals surface area contributed by atoms with Crippen molar-refractivity contribution in [3.8, 4) is 0 Å². The number of benzene rings is 1. The molecule has 1 aliphatic carbocycles. The topological polar surface area (TPSA) is 32.3 Å². The molecule has 2 atom stereocenters. The molecular formula is C17H23BrF3NO. The summed E-state index contributed by atoms with van der Waals surface area (Å²) < 4.78 is 39.1. The zero-order valence-electron chi connectivity index (χ0n) is 13.6. The minimum Gasteiger partial charge on any atom is -0.393 e. The minimum absolute atomic E-state index is 0.0303. The summed E-state index contributed by atoms with van der Waals surface area (Å²) >= 11 is 3.13. The highest BCUT2D eigenvalue weighted by molar-refractivity contribution is 9.10. The van der Waals surface area contributed by atoms with Crippen LogP contribution < -0.4 is 5.32 Å². The van der Waals surface area contributed by atoms with Crippen molar-refractivity contribution in [1.29, 1.82) is 0 Å². The number of anilines is 1. The summed E-state index contributed by atoms with van der Waals surface area (Å²) in [5.74, 6) is 0. The van der Waals surface area contributed by atoms with Crippen LogP contribution in [0.5, 0.6) is 0 Å². The lowest BCUT2D eigenvalue weighted by molar-refractivity contribution is -0.137. The Morgan fingerprint density at radius 2 is 1.87 bits per heavy atom. The van der Waals surface area contributed by atoms with E-state index < -0.39 is 11.7 Å². The maximum atomic E-state index is 12.9. The van der Waals surface area contributed by atoms with Crippen molar-refractivity contribution in [3.05, 3.63) is 28.2 Å². The van der Waals surface area contributed by atoms with Crippen LogP contribution in [-0.2, 0) is 6.18 Å². The normalized spacial score (nSPS) is 27.7. The Morgan fingerprint density at radius 1 is 1.22 bits per heavy atom. The second-order valence-electron chi connectivity index (χ2n) is 7.79. The van der Waals surface area contributed by atoms with Crippen LogP contribution in [0.2, 0.25) is 0 Å². The molecule has 0 spiro atoms. The predicted molar refractivity (Wildman–Crippen MR) is 89.4 cm³/mol. The Balaban J connectivity index is 2.13. The molecule has 0 aromatic heterocycles. The molecule has 1 fully saturated rings. The maximum absolute atomic E-state index is 12.9. The Kier molecular flexibility index (Phi) is 5.07. The van der Waals surface area contributed by atoms with Gasteiger partial charge in [-0.15, -0.1) is 0 Å². The smallest absolute Gasteiger partial charge is 0.393 e. The van der Waals surface area contributed by atoms with Gasteiger partial charge in [0.2, 0.25) is 0 Å². The zero-order valence-corrected chi connectivity index (χ0v) is 15.2. The molecule has 0 radical (unpaired) electrons. The third-order valence-corrected chi connectivity index (χ3v) is 4.82. The van der Waals surface area contributed by atoms with Crippen molar-refractivity contribution < 1.29 is 18.3 Å². The van der Waals surface area contributed by atoms with E-state index in [1.165, 1.54) is 0 Å². The summed E-state index contributed by atoms with van der Waals surface area (Å²) in [7, 11) is 0. The number of halogens is 4. The molecule has 1 saturated carbocycles. The summed E-state index contributed by atoms with van der Waals surface area (Å²) in [4.78, 5) is 0. The first-order valence-electron chi connectivity index (χ1n) is 7.68. The van der Waals surface area contributed by atoms with Crippen molar-refractivity contribution in [2.24, 2.45) is 10.8 Å². The van der Waals surface area contributed by atoms with Crippen molar-refractivity contribution in [1.82, 2.24) is 0 Å². The minimum atomic E-state index is -4.37. The summed E-state index contributed by atoms with van der Waals surface area (Å²) in [6.45, 7) is 6.84. The van der Waals surface area contributed by atoms with E-state index in [0.29, 0.717) is 23.1 Å². The molecule has 0 aliphatic heterocycles. The van der Waals surface area contributed by atoms with Gasteiger partial charge in [-0.05, 0) is 48.3 Å². The van der Waals surface area contributed by atoms with E-state index in [9.17, 15) is 18.3 Å². The second-order valence-corrected chi connectivity index (χ2v) is 8.71. The van der Waals surface area contributed by atoms with Gasteiger partial charge < -0.3 is 10.4 Å². The van der Waals surface area contributed by atoms with Gasteiger partial charge in [0.05, 0.1) is 11.7 Å². The molecule has 2 unspecified atom stereocenters. The van der Waals surface area contributed by atoms with Gasteiger partial charge in [-0.3, -0.25) is 0 Å². The predicted octanol–water partition coefficient (Wildman–Crippen LogP) is 5.46. The Labute approximate surface area is 143 Å². The average molecular weight is 394 g/mol. The SMILES string of the molecule is CC1(C)CC(O)CC(C)(CNc2cc(Br)cc(C(F)(F)F)c2)C1. The standard InChI is InChI=1S/C17H23BrF3NO/c1-15(2)7-14(23)8-16(3,9-15)10-22-13-5-11(17(19,20)21)4-12(18)6-13/h4-6,14,22-23H,7-10H2,1-3H3. The van der Waals surface area contributed by atoms with Gasteiger partial charge in [-0.1, -0.05) is 36.7 Å². The Morgan fingerprint density at radius 3 is 2.43 bits per heavy atom. The van der Waals surface area contributed by atoms with E-state index in [2.05, 4.69) is 42.0 Å². The lowest BCUT2D eigenvalue weighted by Gasteiger charge is -2.45. The molecule has 0 saturated heterocycles. The van der Waals surface area contributed by atoms with Crippen LogP contribution in [-0.4, -0.2) is 17.8 Å². The van der Waals surface area contributed by atoms with Gasteiger partial charge in [0.25, 0.3) is 0 Å². The second kappa shape index (κ2) is 6.28. The van der Waals surface area contributed by atoms with E-state index in [1.54, 1.807) is 6.07 Å². The van der Waals surface area contributed by atoms with Gasteiger partial charge in [0.15, 0.2) is 0 Å². The molecule has 0 amide bonds.